The largest absolute Gasteiger partial charge is 0.366 e. The van der Waals surface area contributed by atoms with Gasteiger partial charge < -0.3 is 10.2 Å². The van der Waals surface area contributed by atoms with Crippen LogP contribution in [0.25, 0.3) is 16.4 Å². The van der Waals surface area contributed by atoms with Gasteiger partial charge in [0.15, 0.2) is 5.65 Å². The third kappa shape index (κ3) is 4.79. The number of aromatic nitrogens is 4. The lowest BCUT2D eigenvalue weighted by atomic mass is 9.93. The van der Waals surface area contributed by atoms with Gasteiger partial charge in [0.25, 0.3) is 0 Å². The number of amides is 1. The third-order valence-corrected chi connectivity index (χ3v) is 7.28. The fraction of sp³-hybridized carbons (Fsp3) is 0.241. The molecule has 0 bridgehead atoms. The average molecular weight is 488 g/mol. The van der Waals surface area contributed by atoms with Crippen molar-refractivity contribution in [2.75, 3.05) is 18.4 Å². The Hall–Kier alpha value is -4.20. The molecule has 7 nitrogen and oxygen atoms in total. The molecule has 0 saturated carbocycles. The summed E-state index contributed by atoms with van der Waals surface area (Å²) < 4.78 is 1.86. The second-order valence-corrected chi connectivity index (χ2v) is 9.84. The van der Waals surface area contributed by atoms with Crippen molar-refractivity contribution >= 4 is 41.5 Å². The molecule has 37 heavy (non-hydrogen) atoms. The van der Waals surface area contributed by atoms with Crippen LogP contribution in [0.15, 0.2) is 79.3 Å². The van der Waals surface area contributed by atoms with Crippen LogP contribution in [-0.4, -0.2) is 51.3 Å². The smallest absolute Gasteiger partial charge is 0.227 e. The SMILES string of the molecule is Bc1cnn2c(NCc3cccnc3)cc(C3CCCN(C(=O)Cc4cccc5ccccc45)C3)nc12. The first-order valence-electron chi connectivity index (χ1n) is 12.9. The van der Waals surface area contributed by atoms with E-state index in [2.05, 4.69) is 45.7 Å². The molecule has 1 atom stereocenters. The first-order valence-corrected chi connectivity index (χ1v) is 12.9. The number of fused-ring (bicyclic) bond motifs is 2. The molecule has 1 aliphatic heterocycles. The Labute approximate surface area is 217 Å². The number of pyridine rings is 1. The number of piperidine rings is 1. The summed E-state index contributed by atoms with van der Waals surface area (Å²) in [7, 11) is 2.03. The molecule has 1 N–H and O–H groups in total. The monoisotopic (exact) mass is 488 g/mol. The van der Waals surface area contributed by atoms with Crippen molar-refractivity contribution in [3.05, 3.63) is 96.1 Å². The molecule has 1 saturated heterocycles. The average Bonchev–Trinajstić information content (AvgIpc) is 3.33. The number of likely N-dealkylation sites (tertiary alicyclic amines) is 1. The number of hydrogen-bond donors (Lipinski definition) is 1. The van der Waals surface area contributed by atoms with Crippen LogP contribution in [0.3, 0.4) is 0 Å². The van der Waals surface area contributed by atoms with Crippen molar-refractivity contribution in [1.82, 2.24) is 24.5 Å². The third-order valence-electron chi connectivity index (χ3n) is 7.28. The Balaban J connectivity index is 1.23. The maximum Gasteiger partial charge on any atom is 0.227 e. The van der Waals surface area contributed by atoms with Gasteiger partial charge in [-0.15, -0.1) is 0 Å². The molecule has 6 rings (SSSR count). The number of rotatable bonds is 6. The van der Waals surface area contributed by atoms with E-state index in [1.807, 2.05) is 60.0 Å². The number of carbonyl (C=O) groups is 1. The standard InChI is InChI=1S/C29H29BN6O/c30-25-18-33-36-27(32-17-20-6-4-12-31-16-20)15-26(34-29(25)36)23-10-5-13-35(19-23)28(37)14-22-9-3-8-21-7-1-2-11-24(21)22/h1-4,6-9,11-12,15-16,18,23,32H,5,10,13-14,17,19,30H2. The summed E-state index contributed by atoms with van der Waals surface area (Å²) in [5.74, 6) is 1.26. The maximum atomic E-state index is 13.4. The normalized spacial score (nSPS) is 15.8. The van der Waals surface area contributed by atoms with Gasteiger partial charge in [0, 0.05) is 50.2 Å². The highest BCUT2D eigenvalue weighted by atomic mass is 16.2. The Morgan fingerprint density at radius 2 is 1.97 bits per heavy atom. The lowest BCUT2D eigenvalue weighted by Gasteiger charge is -2.33. The van der Waals surface area contributed by atoms with Crippen molar-refractivity contribution in [2.24, 2.45) is 0 Å². The highest BCUT2D eigenvalue weighted by molar-refractivity contribution is 6.36. The van der Waals surface area contributed by atoms with Gasteiger partial charge in [0.05, 0.1) is 12.1 Å². The topological polar surface area (TPSA) is 75.4 Å². The molecule has 184 valence electrons. The van der Waals surface area contributed by atoms with Crippen LogP contribution in [0.1, 0.15) is 35.6 Å². The molecule has 1 aliphatic rings. The Morgan fingerprint density at radius 1 is 1.08 bits per heavy atom. The van der Waals surface area contributed by atoms with Gasteiger partial charge in [0.1, 0.15) is 13.7 Å². The summed E-state index contributed by atoms with van der Waals surface area (Å²) >= 11 is 0. The Morgan fingerprint density at radius 3 is 2.86 bits per heavy atom. The van der Waals surface area contributed by atoms with Gasteiger partial charge in [-0.05, 0) is 46.3 Å². The van der Waals surface area contributed by atoms with Gasteiger partial charge in [-0.25, -0.2) is 4.98 Å². The second-order valence-electron chi connectivity index (χ2n) is 9.84. The van der Waals surface area contributed by atoms with Crippen LogP contribution < -0.4 is 10.8 Å². The Kier molecular flexibility index (Phi) is 6.31. The number of carbonyl (C=O) groups excluding carboxylic acids is 1. The zero-order chi connectivity index (χ0) is 25.2. The number of anilines is 1. The van der Waals surface area contributed by atoms with Gasteiger partial charge in [-0.2, -0.15) is 9.61 Å². The van der Waals surface area contributed by atoms with Crippen LogP contribution in [0.5, 0.6) is 0 Å². The summed E-state index contributed by atoms with van der Waals surface area (Å²) in [6, 6.07) is 20.6. The van der Waals surface area contributed by atoms with Crippen LogP contribution >= 0.6 is 0 Å². The molecule has 0 radical (unpaired) electrons. The quantitative estimate of drug-likeness (QED) is 0.372. The molecular formula is C29H29BN6O. The van der Waals surface area contributed by atoms with Gasteiger partial charge >= 0.3 is 0 Å². The lowest BCUT2D eigenvalue weighted by Crippen LogP contribution is -2.40. The van der Waals surface area contributed by atoms with E-state index in [4.69, 9.17) is 4.98 Å². The van der Waals surface area contributed by atoms with Gasteiger partial charge in [0.2, 0.25) is 5.91 Å². The van der Waals surface area contributed by atoms with Crippen LogP contribution in [-0.2, 0) is 17.8 Å². The van der Waals surface area contributed by atoms with Crippen LogP contribution in [0, 0.1) is 0 Å². The zero-order valence-corrected chi connectivity index (χ0v) is 21.0. The molecule has 1 fully saturated rings. The fourth-order valence-electron chi connectivity index (χ4n) is 5.29. The zero-order valence-electron chi connectivity index (χ0n) is 21.0. The van der Waals surface area contributed by atoms with Crippen molar-refractivity contribution in [3.8, 4) is 0 Å². The highest BCUT2D eigenvalue weighted by Gasteiger charge is 2.27. The number of benzene rings is 2. The second kappa shape index (κ2) is 10.0. The fourth-order valence-corrected chi connectivity index (χ4v) is 5.29. The molecule has 1 unspecified atom stereocenters. The molecule has 8 heteroatoms. The van der Waals surface area contributed by atoms with Gasteiger partial charge in [-0.1, -0.05) is 48.5 Å². The predicted octanol–water partition coefficient (Wildman–Crippen LogP) is 3.10. The molecule has 0 aliphatic carbocycles. The summed E-state index contributed by atoms with van der Waals surface area (Å²) in [5.41, 5.74) is 5.08. The van der Waals surface area contributed by atoms with E-state index < -0.39 is 0 Å². The van der Waals surface area contributed by atoms with Crippen molar-refractivity contribution < 1.29 is 4.79 Å². The first kappa shape index (κ1) is 23.2. The minimum Gasteiger partial charge on any atom is -0.366 e. The van der Waals surface area contributed by atoms with Crippen LogP contribution in [0.4, 0.5) is 5.82 Å². The van der Waals surface area contributed by atoms with Crippen LogP contribution in [0.2, 0.25) is 0 Å². The molecule has 3 aromatic heterocycles. The maximum absolute atomic E-state index is 13.4. The summed E-state index contributed by atoms with van der Waals surface area (Å²) in [4.78, 5) is 24.7. The summed E-state index contributed by atoms with van der Waals surface area (Å²) in [5, 5.41) is 10.4. The first-order chi connectivity index (χ1) is 18.2. The number of nitrogens with zero attached hydrogens (tertiary/aromatic N) is 5. The van der Waals surface area contributed by atoms with Gasteiger partial charge in [-0.3, -0.25) is 9.78 Å². The molecule has 5 aromatic rings. The van der Waals surface area contributed by atoms with E-state index in [0.717, 1.165) is 58.5 Å². The van der Waals surface area contributed by atoms with Crippen molar-refractivity contribution in [3.63, 3.8) is 0 Å². The van der Waals surface area contributed by atoms with Crippen molar-refractivity contribution in [1.29, 1.82) is 0 Å². The van der Waals surface area contributed by atoms with E-state index in [1.165, 1.54) is 5.39 Å². The van der Waals surface area contributed by atoms with Crippen molar-refractivity contribution in [2.45, 2.75) is 31.7 Å². The molecule has 0 spiro atoms. The lowest BCUT2D eigenvalue weighted by molar-refractivity contribution is -0.131. The summed E-state index contributed by atoms with van der Waals surface area (Å²) in [6.07, 6.45) is 7.88. The van der Waals surface area contributed by atoms with E-state index in [-0.39, 0.29) is 11.8 Å². The number of hydrogen-bond acceptors (Lipinski definition) is 5. The highest BCUT2D eigenvalue weighted by Crippen LogP contribution is 2.29. The van der Waals surface area contributed by atoms with E-state index >= 15 is 0 Å². The minimum atomic E-state index is 0.178. The minimum absolute atomic E-state index is 0.178. The molecular weight excluding hydrogens is 459 g/mol. The Bertz CT molecular complexity index is 1560. The molecule has 2 aromatic carbocycles. The predicted molar refractivity (Wildman–Crippen MR) is 149 cm³/mol. The summed E-state index contributed by atoms with van der Waals surface area (Å²) in [6.45, 7) is 2.12. The number of nitrogens with one attached hydrogen (secondary N) is 1. The van der Waals surface area contributed by atoms with E-state index in [0.29, 0.717) is 19.5 Å². The molecule has 4 heterocycles. The van der Waals surface area contributed by atoms with E-state index in [9.17, 15) is 4.79 Å². The van der Waals surface area contributed by atoms with E-state index in [1.54, 1.807) is 6.20 Å². The molecule has 1 amide bonds.